The van der Waals surface area contributed by atoms with E-state index in [4.69, 9.17) is 22.3 Å². The molecule has 4 amide bonds. The van der Waals surface area contributed by atoms with Gasteiger partial charge in [-0.1, -0.05) is 26.7 Å². The Bertz CT molecular complexity index is 614. The molecule has 0 aromatic rings. The highest BCUT2D eigenvalue weighted by Crippen LogP contribution is 2.10. The molecule has 0 fully saturated rings. The molecule has 0 bridgehead atoms. The minimum Gasteiger partial charge on any atom is -0.480 e. The topological polar surface area (TPSA) is 220 Å². The van der Waals surface area contributed by atoms with E-state index in [-0.39, 0.29) is 5.92 Å². The Balaban J connectivity index is 5.23. The van der Waals surface area contributed by atoms with Crippen molar-refractivity contribution in [3.05, 3.63) is 0 Å². The van der Waals surface area contributed by atoms with Crippen molar-refractivity contribution in [1.29, 1.82) is 0 Å². The standard InChI is InChI=1S/C18H34N6O6/c1-3-10(2)15(24-16(28)11(20)6-4-5-7-19)18(30)23-12(8-13(21)25)17(29)22-9-14(26)27/h10-12,15H,3-9,19-20H2,1-2H3,(H2,21,25)(H,22,29)(H,23,30)(H,24,28)(H,26,27). The molecule has 30 heavy (non-hydrogen) atoms. The fourth-order valence-electron chi connectivity index (χ4n) is 2.56. The van der Waals surface area contributed by atoms with Gasteiger partial charge in [-0.2, -0.15) is 0 Å². The van der Waals surface area contributed by atoms with Gasteiger partial charge < -0.3 is 38.3 Å². The van der Waals surface area contributed by atoms with Crippen LogP contribution in [0.15, 0.2) is 0 Å². The summed E-state index contributed by atoms with van der Waals surface area (Å²) in [6.07, 6.45) is 1.79. The van der Waals surface area contributed by atoms with Crippen LogP contribution in [0.2, 0.25) is 0 Å². The number of carboxylic acid groups (broad SMARTS) is 1. The zero-order valence-electron chi connectivity index (χ0n) is 17.5. The Labute approximate surface area is 175 Å². The molecule has 0 aliphatic rings. The third kappa shape index (κ3) is 10.7. The summed E-state index contributed by atoms with van der Waals surface area (Å²) in [5.41, 5.74) is 16.4. The van der Waals surface area contributed by atoms with Crippen LogP contribution in [-0.4, -0.2) is 65.9 Å². The van der Waals surface area contributed by atoms with Crippen LogP contribution in [0, 0.1) is 5.92 Å². The summed E-state index contributed by atoms with van der Waals surface area (Å²) in [5, 5.41) is 15.7. The van der Waals surface area contributed by atoms with E-state index >= 15 is 0 Å². The zero-order valence-corrected chi connectivity index (χ0v) is 17.5. The number of rotatable bonds is 15. The summed E-state index contributed by atoms with van der Waals surface area (Å²) in [6.45, 7) is 3.35. The highest BCUT2D eigenvalue weighted by atomic mass is 16.4. The molecule has 0 aromatic carbocycles. The third-order valence-corrected chi connectivity index (χ3v) is 4.55. The molecule has 0 rings (SSSR count). The average Bonchev–Trinajstić information content (AvgIpc) is 2.68. The number of amides is 4. The van der Waals surface area contributed by atoms with Gasteiger partial charge in [0.2, 0.25) is 23.6 Å². The van der Waals surface area contributed by atoms with Crippen molar-refractivity contribution in [3.8, 4) is 0 Å². The first-order valence-corrected chi connectivity index (χ1v) is 9.87. The molecule has 0 aliphatic carbocycles. The molecule has 10 N–H and O–H groups in total. The van der Waals surface area contributed by atoms with Crippen LogP contribution < -0.4 is 33.2 Å². The quantitative estimate of drug-likeness (QED) is 0.138. The van der Waals surface area contributed by atoms with E-state index in [1.165, 1.54) is 0 Å². The van der Waals surface area contributed by atoms with Gasteiger partial charge in [0.1, 0.15) is 18.6 Å². The molecule has 12 heteroatoms. The van der Waals surface area contributed by atoms with Gasteiger partial charge in [-0.05, 0) is 25.3 Å². The SMILES string of the molecule is CCC(C)C(NC(=O)C(N)CCCCN)C(=O)NC(CC(N)=O)C(=O)NCC(=O)O. The number of hydrogen-bond donors (Lipinski definition) is 7. The predicted molar refractivity (Wildman–Crippen MR) is 109 cm³/mol. The highest BCUT2D eigenvalue weighted by Gasteiger charge is 2.31. The summed E-state index contributed by atoms with van der Waals surface area (Å²) in [4.78, 5) is 59.2. The number of primary amides is 1. The van der Waals surface area contributed by atoms with Crippen LogP contribution >= 0.6 is 0 Å². The lowest BCUT2D eigenvalue weighted by Gasteiger charge is -2.27. The first kappa shape index (κ1) is 27.3. The van der Waals surface area contributed by atoms with E-state index in [9.17, 15) is 24.0 Å². The minimum absolute atomic E-state index is 0.304. The average molecular weight is 431 g/mol. The van der Waals surface area contributed by atoms with Crippen molar-refractivity contribution in [2.75, 3.05) is 13.1 Å². The normalized spacial score (nSPS) is 14.7. The zero-order chi connectivity index (χ0) is 23.3. The lowest BCUT2D eigenvalue weighted by molar-refractivity contribution is -0.139. The summed E-state index contributed by atoms with van der Waals surface area (Å²) in [5.74, 6) is -4.56. The van der Waals surface area contributed by atoms with E-state index in [0.29, 0.717) is 25.8 Å². The monoisotopic (exact) mass is 430 g/mol. The molecule has 4 unspecified atom stereocenters. The van der Waals surface area contributed by atoms with Crippen molar-refractivity contribution in [2.45, 2.75) is 64.1 Å². The van der Waals surface area contributed by atoms with Gasteiger partial charge in [0.15, 0.2) is 0 Å². The van der Waals surface area contributed by atoms with Gasteiger partial charge in [0, 0.05) is 0 Å². The minimum atomic E-state index is -1.38. The Hall–Kier alpha value is -2.73. The number of nitrogens with one attached hydrogen (secondary N) is 3. The van der Waals surface area contributed by atoms with E-state index in [2.05, 4.69) is 16.0 Å². The number of carbonyl (C=O) groups excluding carboxylic acids is 4. The maximum atomic E-state index is 12.8. The Morgan fingerprint density at radius 3 is 2.13 bits per heavy atom. The van der Waals surface area contributed by atoms with Gasteiger partial charge in [-0.25, -0.2) is 0 Å². The molecule has 0 heterocycles. The third-order valence-electron chi connectivity index (χ3n) is 4.55. The van der Waals surface area contributed by atoms with E-state index in [0.717, 1.165) is 6.42 Å². The van der Waals surface area contributed by atoms with Crippen molar-refractivity contribution in [3.63, 3.8) is 0 Å². The first-order valence-electron chi connectivity index (χ1n) is 9.87. The number of carboxylic acids is 1. The Morgan fingerprint density at radius 1 is 1.00 bits per heavy atom. The van der Waals surface area contributed by atoms with Gasteiger partial charge in [-0.3, -0.25) is 24.0 Å². The molecule has 0 saturated heterocycles. The van der Waals surface area contributed by atoms with Crippen LogP contribution in [0.25, 0.3) is 0 Å². The van der Waals surface area contributed by atoms with Crippen LogP contribution in [-0.2, 0) is 24.0 Å². The maximum absolute atomic E-state index is 12.8. The molecular weight excluding hydrogens is 396 g/mol. The van der Waals surface area contributed by atoms with Crippen LogP contribution in [0.4, 0.5) is 0 Å². The number of unbranched alkanes of at least 4 members (excludes halogenated alkanes) is 1. The largest absolute Gasteiger partial charge is 0.480 e. The van der Waals surface area contributed by atoms with Crippen molar-refractivity contribution in [1.82, 2.24) is 16.0 Å². The lowest BCUT2D eigenvalue weighted by Crippen LogP contribution is -2.58. The fourth-order valence-corrected chi connectivity index (χ4v) is 2.56. The predicted octanol–water partition coefficient (Wildman–Crippen LogP) is -2.47. The summed E-state index contributed by atoms with van der Waals surface area (Å²) in [6, 6.07) is -3.21. The second-order valence-electron chi connectivity index (χ2n) is 7.11. The van der Waals surface area contributed by atoms with Crippen LogP contribution in [0.1, 0.15) is 46.0 Å². The second kappa shape index (κ2) is 14.3. The Kier molecular flexibility index (Phi) is 13.0. The van der Waals surface area contributed by atoms with Gasteiger partial charge in [-0.15, -0.1) is 0 Å². The molecule has 0 spiro atoms. The van der Waals surface area contributed by atoms with Crippen LogP contribution in [0.5, 0.6) is 0 Å². The van der Waals surface area contributed by atoms with Gasteiger partial charge in [0.25, 0.3) is 0 Å². The molecule has 0 saturated carbocycles. The smallest absolute Gasteiger partial charge is 0.322 e. The first-order chi connectivity index (χ1) is 14.0. The van der Waals surface area contributed by atoms with Gasteiger partial charge >= 0.3 is 5.97 Å². The molecule has 12 nitrogen and oxygen atoms in total. The second-order valence-corrected chi connectivity index (χ2v) is 7.11. The molecular formula is C18H34N6O6. The molecule has 4 atom stereocenters. The number of hydrogen-bond acceptors (Lipinski definition) is 7. The highest BCUT2D eigenvalue weighted by molar-refractivity contribution is 5.95. The summed E-state index contributed by atoms with van der Waals surface area (Å²) in [7, 11) is 0. The lowest BCUT2D eigenvalue weighted by atomic mass is 9.97. The fraction of sp³-hybridized carbons (Fsp3) is 0.722. The number of nitrogens with two attached hydrogens (primary N) is 3. The van der Waals surface area contributed by atoms with E-state index < -0.39 is 60.7 Å². The Morgan fingerprint density at radius 2 is 1.63 bits per heavy atom. The molecule has 0 radical (unpaired) electrons. The number of carbonyl (C=O) groups is 5. The molecule has 0 aromatic heterocycles. The molecule has 0 aliphatic heterocycles. The van der Waals surface area contributed by atoms with Crippen molar-refractivity contribution < 1.29 is 29.1 Å². The molecule has 172 valence electrons. The number of aliphatic carboxylic acids is 1. The summed E-state index contributed by atoms with van der Waals surface area (Å²) >= 11 is 0. The van der Waals surface area contributed by atoms with E-state index in [1.807, 2.05) is 6.92 Å². The van der Waals surface area contributed by atoms with Gasteiger partial charge in [0.05, 0.1) is 12.5 Å². The van der Waals surface area contributed by atoms with E-state index in [1.54, 1.807) is 6.92 Å². The van der Waals surface area contributed by atoms with Crippen LogP contribution in [0.3, 0.4) is 0 Å². The van der Waals surface area contributed by atoms with Crippen molar-refractivity contribution in [2.24, 2.45) is 23.1 Å². The van der Waals surface area contributed by atoms with Crippen molar-refractivity contribution >= 4 is 29.6 Å². The summed E-state index contributed by atoms with van der Waals surface area (Å²) < 4.78 is 0. The maximum Gasteiger partial charge on any atom is 0.322 e.